The monoisotopic (exact) mass is 380 g/mol. The largest absolute Gasteiger partial charge is 0.492 e. The summed E-state index contributed by atoms with van der Waals surface area (Å²) in [4.78, 5) is 24.8. The molecule has 1 heterocycles. The fourth-order valence-electron chi connectivity index (χ4n) is 3.09. The number of aryl methyl sites for hydroxylation is 1. The zero-order valence-corrected chi connectivity index (χ0v) is 17.0. The maximum atomic E-state index is 12.6. The highest BCUT2D eigenvalue weighted by Crippen LogP contribution is 2.30. The highest BCUT2D eigenvalue weighted by Gasteiger charge is 2.27. The van der Waals surface area contributed by atoms with E-state index in [2.05, 4.69) is 10.6 Å². The molecule has 0 aromatic heterocycles. The summed E-state index contributed by atoms with van der Waals surface area (Å²) in [6.45, 7) is 8.53. The molecule has 0 saturated heterocycles. The molecule has 0 radical (unpaired) electrons. The van der Waals surface area contributed by atoms with Gasteiger partial charge in [0.25, 0.3) is 0 Å². The summed E-state index contributed by atoms with van der Waals surface area (Å²) < 4.78 is 5.79. The van der Waals surface area contributed by atoms with Gasteiger partial charge >= 0.3 is 0 Å². The summed E-state index contributed by atoms with van der Waals surface area (Å²) in [7, 11) is 0. The Labute approximate surface area is 166 Å². The third-order valence-electron chi connectivity index (χ3n) is 4.99. The van der Waals surface area contributed by atoms with Gasteiger partial charge in [-0.2, -0.15) is 0 Å². The Kier molecular flexibility index (Phi) is 5.73. The predicted octanol–water partition coefficient (Wildman–Crippen LogP) is 3.85. The predicted molar refractivity (Wildman–Crippen MR) is 110 cm³/mol. The van der Waals surface area contributed by atoms with Crippen LogP contribution in [0.25, 0.3) is 0 Å². The minimum Gasteiger partial charge on any atom is -0.492 e. The Morgan fingerprint density at radius 2 is 1.89 bits per heavy atom. The van der Waals surface area contributed by atoms with Crippen molar-refractivity contribution in [2.24, 2.45) is 11.3 Å². The van der Waals surface area contributed by atoms with Gasteiger partial charge in [0.15, 0.2) is 0 Å². The first-order chi connectivity index (χ1) is 13.2. The molecule has 2 N–H and O–H groups in total. The van der Waals surface area contributed by atoms with Gasteiger partial charge in [0.05, 0.1) is 5.92 Å². The van der Waals surface area contributed by atoms with Gasteiger partial charge in [-0.3, -0.25) is 9.59 Å². The van der Waals surface area contributed by atoms with Crippen molar-refractivity contribution in [1.29, 1.82) is 0 Å². The topological polar surface area (TPSA) is 67.4 Å². The number of rotatable bonds is 4. The van der Waals surface area contributed by atoms with Crippen LogP contribution in [0.5, 0.6) is 5.75 Å². The first kappa shape index (κ1) is 19.9. The van der Waals surface area contributed by atoms with Crippen LogP contribution in [0, 0.1) is 18.3 Å². The molecule has 3 rings (SSSR count). The minimum atomic E-state index is -0.468. The SMILES string of the molecule is Cc1ccccc1CNC(=O)C1COc2ccc(NC(=O)C(C)(C)C)cc2C1. The fourth-order valence-corrected chi connectivity index (χ4v) is 3.09. The molecule has 0 fully saturated rings. The average Bonchev–Trinajstić information content (AvgIpc) is 2.65. The summed E-state index contributed by atoms with van der Waals surface area (Å²) in [5.74, 6) is 0.469. The lowest BCUT2D eigenvalue weighted by atomic mass is 9.94. The molecule has 0 spiro atoms. The summed E-state index contributed by atoms with van der Waals surface area (Å²) in [5.41, 5.74) is 3.47. The smallest absolute Gasteiger partial charge is 0.229 e. The number of carbonyl (C=O) groups excluding carboxylic acids is 2. The van der Waals surface area contributed by atoms with E-state index in [1.165, 1.54) is 0 Å². The van der Waals surface area contributed by atoms with Gasteiger partial charge in [-0.1, -0.05) is 45.0 Å². The number of fused-ring (bicyclic) bond motifs is 1. The van der Waals surface area contributed by atoms with E-state index in [1.807, 2.05) is 70.2 Å². The third kappa shape index (κ3) is 4.71. The molecule has 1 aliphatic rings. The van der Waals surface area contributed by atoms with Crippen LogP contribution in [0.3, 0.4) is 0 Å². The van der Waals surface area contributed by atoms with Crippen LogP contribution in [-0.2, 0) is 22.6 Å². The summed E-state index contributed by atoms with van der Waals surface area (Å²) in [6.07, 6.45) is 0.591. The van der Waals surface area contributed by atoms with Crippen molar-refractivity contribution in [3.8, 4) is 5.75 Å². The molecule has 28 heavy (non-hydrogen) atoms. The molecule has 0 aliphatic carbocycles. The molecule has 1 unspecified atom stereocenters. The second kappa shape index (κ2) is 8.05. The van der Waals surface area contributed by atoms with Crippen LogP contribution >= 0.6 is 0 Å². The van der Waals surface area contributed by atoms with Crippen LogP contribution in [0.1, 0.15) is 37.5 Å². The average molecular weight is 380 g/mol. The van der Waals surface area contributed by atoms with E-state index in [-0.39, 0.29) is 17.7 Å². The number of anilines is 1. The second-order valence-electron chi connectivity index (χ2n) is 8.38. The Hall–Kier alpha value is -2.82. The minimum absolute atomic E-state index is 0.0157. The van der Waals surface area contributed by atoms with Crippen molar-refractivity contribution < 1.29 is 14.3 Å². The van der Waals surface area contributed by atoms with E-state index >= 15 is 0 Å². The van der Waals surface area contributed by atoms with Gasteiger partial charge < -0.3 is 15.4 Å². The van der Waals surface area contributed by atoms with Crippen molar-refractivity contribution in [2.45, 2.75) is 40.7 Å². The number of amides is 2. The molecular formula is C23H28N2O3. The molecule has 0 saturated carbocycles. The molecule has 2 aromatic rings. The summed E-state index contributed by atoms with van der Waals surface area (Å²) in [5, 5.41) is 5.95. The molecule has 5 heteroatoms. The number of ether oxygens (including phenoxy) is 1. The van der Waals surface area contributed by atoms with Crippen LogP contribution < -0.4 is 15.4 Å². The van der Waals surface area contributed by atoms with Gasteiger partial charge in [-0.25, -0.2) is 0 Å². The van der Waals surface area contributed by atoms with Gasteiger partial charge in [0.1, 0.15) is 12.4 Å². The number of nitrogens with one attached hydrogen (secondary N) is 2. The van der Waals surface area contributed by atoms with Crippen LogP contribution in [0.15, 0.2) is 42.5 Å². The van der Waals surface area contributed by atoms with E-state index in [1.54, 1.807) is 0 Å². The van der Waals surface area contributed by atoms with Gasteiger partial charge in [-0.15, -0.1) is 0 Å². The zero-order chi connectivity index (χ0) is 20.3. The van der Waals surface area contributed by atoms with E-state index in [9.17, 15) is 9.59 Å². The van der Waals surface area contributed by atoms with Crippen LogP contribution in [0.4, 0.5) is 5.69 Å². The fraction of sp³-hybridized carbons (Fsp3) is 0.391. The van der Waals surface area contributed by atoms with E-state index in [4.69, 9.17) is 4.74 Å². The van der Waals surface area contributed by atoms with Crippen molar-refractivity contribution in [1.82, 2.24) is 5.32 Å². The van der Waals surface area contributed by atoms with Crippen molar-refractivity contribution >= 4 is 17.5 Å². The summed E-state index contributed by atoms with van der Waals surface area (Å²) in [6, 6.07) is 13.6. The quantitative estimate of drug-likeness (QED) is 0.847. The molecule has 5 nitrogen and oxygen atoms in total. The maximum absolute atomic E-state index is 12.6. The first-order valence-corrected chi connectivity index (χ1v) is 9.63. The molecule has 148 valence electrons. The second-order valence-corrected chi connectivity index (χ2v) is 8.38. The molecule has 2 aromatic carbocycles. The van der Waals surface area contributed by atoms with Gasteiger partial charge in [0, 0.05) is 17.6 Å². The van der Waals surface area contributed by atoms with Gasteiger partial charge in [-0.05, 0) is 48.2 Å². The molecular weight excluding hydrogens is 352 g/mol. The van der Waals surface area contributed by atoms with E-state index in [0.29, 0.717) is 19.6 Å². The Bertz CT molecular complexity index is 884. The lowest BCUT2D eigenvalue weighted by Gasteiger charge is -2.26. The van der Waals surface area contributed by atoms with Crippen LogP contribution in [0.2, 0.25) is 0 Å². The van der Waals surface area contributed by atoms with Crippen LogP contribution in [-0.4, -0.2) is 18.4 Å². The Balaban J connectivity index is 1.64. The van der Waals surface area contributed by atoms with Crippen molar-refractivity contribution in [3.63, 3.8) is 0 Å². The number of carbonyl (C=O) groups is 2. The molecule has 1 atom stereocenters. The highest BCUT2D eigenvalue weighted by atomic mass is 16.5. The zero-order valence-electron chi connectivity index (χ0n) is 17.0. The standard InChI is InChI=1S/C23H28N2O3/c1-15-7-5-6-8-16(15)13-24-21(26)18-11-17-12-19(9-10-20(17)28-14-18)25-22(27)23(2,3)4/h5-10,12,18H,11,13-14H2,1-4H3,(H,24,26)(H,25,27). The maximum Gasteiger partial charge on any atom is 0.229 e. The number of benzene rings is 2. The molecule has 0 bridgehead atoms. The van der Waals surface area contributed by atoms with E-state index < -0.39 is 5.41 Å². The van der Waals surface area contributed by atoms with Crippen molar-refractivity contribution in [3.05, 3.63) is 59.2 Å². The molecule has 2 amide bonds. The normalized spacial score (nSPS) is 15.9. The highest BCUT2D eigenvalue weighted by molar-refractivity contribution is 5.94. The van der Waals surface area contributed by atoms with E-state index in [0.717, 1.165) is 28.1 Å². The van der Waals surface area contributed by atoms with Gasteiger partial charge in [0.2, 0.25) is 11.8 Å². The lowest BCUT2D eigenvalue weighted by Crippen LogP contribution is -2.37. The first-order valence-electron chi connectivity index (χ1n) is 9.63. The Morgan fingerprint density at radius 1 is 1.14 bits per heavy atom. The third-order valence-corrected chi connectivity index (χ3v) is 4.99. The number of hydrogen-bond acceptors (Lipinski definition) is 3. The summed E-state index contributed by atoms with van der Waals surface area (Å²) >= 11 is 0. The lowest BCUT2D eigenvalue weighted by molar-refractivity contribution is -0.126. The molecule has 1 aliphatic heterocycles. The Morgan fingerprint density at radius 3 is 2.61 bits per heavy atom. The van der Waals surface area contributed by atoms with Crippen molar-refractivity contribution in [2.75, 3.05) is 11.9 Å². The number of hydrogen-bond donors (Lipinski definition) is 2.